The first kappa shape index (κ1) is 31.7. The molecule has 1 heterocycles. The van der Waals surface area contributed by atoms with Gasteiger partial charge in [0, 0.05) is 25.2 Å². The van der Waals surface area contributed by atoms with E-state index in [0.29, 0.717) is 75.4 Å². The molecule has 0 aliphatic heterocycles. The van der Waals surface area contributed by atoms with Crippen LogP contribution in [-0.2, 0) is 16.0 Å². The van der Waals surface area contributed by atoms with Gasteiger partial charge in [0.2, 0.25) is 17.8 Å². The smallest absolute Gasteiger partial charge is 0.251 e. The number of carbonyl (C=O) groups excluding carboxylic acids is 1. The van der Waals surface area contributed by atoms with E-state index >= 15 is 0 Å². The third-order valence-corrected chi connectivity index (χ3v) is 5.99. The largest absolute Gasteiger partial charge is 0.394 e. The molecule has 0 saturated carbocycles. The number of hydrogen-bond acceptors (Lipinski definition) is 10. The number of amides is 1. The second kappa shape index (κ2) is 17.8. The summed E-state index contributed by atoms with van der Waals surface area (Å²) < 4.78 is 11.2. The molecule has 0 fully saturated rings. The van der Waals surface area contributed by atoms with E-state index in [-0.39, 0.29) is 18.6 Å². The zero-order chi connectivity index (χ0) is 29.3. The fraction of sp³-hybridized carbons (Fsp3) is 0.467. The number of aryl methyl sites for hydroxylation is 1. The molecule has 0 aliphatic carbocycles. The third kappa shape index (κ3) is 12.5. The summed E-state index contributed by atoms with van der Waals surface area (Å²) in [4.78, 5) is 25.5. The Hall–Kier alpha value is -3.80. The molecule has 0 spiro atoms. The molecule has 5 N–H and O–H groups in total. The van der Waals surface area contributed by atoms with Crippen molar-refractivity contribution in [2.75, 3.05) is 62.1 Å². The van der Waals surface area contributed by atoms with Crippen molar-refractivity contribution in [3.8, 4) is 0 Å². The number of nitrogens with one attached hydrogen (secondary N) is 4. The van der Waals surface area contributed by atoms with Crippen LogP contribution in [0.25, 0.3) is 0 Å². The van der Waals surface area contributed by atoms with Gasteiger partial charge < -0.3 is 35.8 Å². The molecule has 1 aromatic heterocycles. The highest BCUT2D eigenvalue weighted by atomic mass is 16.5. The number of hydrogen-bond donors (Lipinski definition) is 5. The molecule has 0 aliphatic rings. The van der Waals surface area contributed by atoms with Crippen LogP contribution < -0.4 is 21.3 Å². The number of anilines is 3. The first-order valence-electron chi connectivity index (χ1n) is 14.1. The molecule has 222 valence electrons. The topological polar surface area (TPSA) is 143 Å². The maximum Gasteiger partial charge on any atom is 0.251 e. The molecule has 2 aromatic carbocycles. The van der Waals surface area contributed by atoms with E-state index in [9.17, 15) is 9.90 Å². The van der Waals surface area contributed by atoms with Gasteiger partial charge in [-0.3, -0.25) is 4.79 Å². The summed E-state index contributed by atoms with van der Waals surface area (Å²) in [5.41, 5.74) is 2.94. The lowest BCUT2D eigenvalue weighted by atomic mass is 10.0. The van der Waals surface area contributed by atoms with Gasteiger partial charge in [0.05, 0.1) is 39.1 Å². The molecule has 3 rings (SSSR count). The Kier molecular flexibility index (Phi) is 13.8. The summed E-state index contributed by atoms with van der Waals surface area (Å²) in [6.45, 7) is 9.42. The maximum absolute atomic E-state index is 12.0. The zero-order valence-electron chi connectivity index (χ0n) is 24.2. The predicted molar refractivity (Wildman–Crippen MR) is 161 cm³/mol. The lowest BCUT2D eigenvalue weighted by Gasteiger charge is -2.19. The van der Waals surface area contributed by atoms with E-state index < -0.39 is 0 Å². The molecular weight excluding hydrogens is 522 g/mol. The Balaban J connectivity index is 1.40. The monoisotopic (exact) mass is 565 g/mol. The van der Waals surface area contributed by atoms with Crippen molar-refractivity contribution < 1.29 is 19.4 Å². The maximum atomic E-state index is 12.0. The van der Waals surface area contributed by atoms with E-state index in [1.807, 2.05) is 18.2 Å². The minimum Gasteiger partial charge on any atom is -0.394 e. The normalized spacial score (nSPS) is 11.7. The molecule has 0 radical (unpaired) electrons. The molecule has 0 unspecified atom stereocenters. The molecule has 11 heteroatoms. The minimum absolute atomic E-state index is 0.0198. The van der Waals surface area contributed by atoms with E-state index in [4.69, 9.17) is 9.47 Å². The van der Waals surface area contributed by atoms with Gasteiger partial charge in [-0.25, -0.2) is 0 Å². The second-order valence-corrected chi connectivity index (χ2v) is 10.1. The Bertz CT molecular complexity index is 1160. The van der Waals surface area contributed by atoms with Gasteiger partial charge in [0.15, 0.2) is 0 Å². The summed E-state index contributed by atoms with van der Waals surface area (Å²) in [6.07, 6.45) is 0.784. The quantitative estimate of drug-likeness (QED) is 0.137. The van der Waals surface area contributed by atoms with Gasteiger partial charge in [-0.15, -0.1) is 0 Å². The summed E-state index contributed by atoms with van der Waals surface area (Å²) in [6, 6.07) is 17.2. The van der Waals surface area contributed by atoms with Crippen LogP contribution in [0.3, 0.4) is 0 Å². The van der Waals surface area contributed by atoms with Crippen LogP contribution in [0.2, 0.25) is 0 Å². The fourth-order valence-corrected chi connectivity index (χ4v) is 3.90. The van der Waals surface area contributed by atoms with Crippen molar-refractivity contribution in [3.63, 3.8) is 0 Å². The van der Waals surface area contributed by atoms with Crippen molar-refractivity contribution in [3.05, 3.63) is 71.3 Å². The highest BCUT2D eigenvalue weighted by molar-refractivity contribution is 5.94. The molecule has 11 nitrogen and oxygen atoms in total. The van der Waals surface area contributed by atoms with Crippen molar-refractivity contribution in [1.82, 2.24) is 20.3 Å². The lowest BCUT2D eigenvalue weighted by molar-refractivity contribution is 0.0519. The van der Waals surface area contributed by atoms with Gasteiger partial charge in [0.25, 0.3) is 5.91 Å². The van der Waals surface area contributed by atoms with Crippen molar-refractivity contribution >= 4 is 23.8 Å². The molecule has 1 atom stereocenters. The molecule has 0 bridgehead atoms. The van der Waals surface area contributed by atoms with Crippen molar-refractivity contribution in [2.24, 2.45) is 5.92 Å². The highest BCUT2D eigenvalue weighted by Gasteiger charge is 2.14. The number of nitrogens with zero attached hydrogens (tertiary/aromatic N) is 3. The molecule has 0 saturated heterocycles. The Morgan fingerprint density at radius 3 is 2.12 bits per heavy atom. The number of rotatable bonds is 19. The standard InChI is InChI=1S/C30H43N7O4/c1-22(2)19-26(21-38)34-30-36-28(35-29(37-30)33-20-24-11-9-23(3)10-12-24)32-14-16-41-18-17-40-15-13-31-27(39)25-7-5-4-6-8-25/h4-12,22,26,38H,13-21H2,1-3H3,(H,31,39)(H3,32,33,34,35,36,37)/t26-/m1/s1. The Labute approximate surface area is 242 Å². The van der Waals surface area contributed by atoms with Gasteiger partial charge in [0.1, 0.15) is 0 Å². The summed E-state index contributed by atoms with van der Waals surface area (Å²) in [5, 5.41) is 22.3. The molecule has 3 aromatic rings. The molecule has 41 heavy (non-hydrogen) atoms. The summed E-state index contributed by atoms with van der Waals surface area (Å²) in [5.74, 6) is 1.52. The molecular formula is C30H43N7O4. The average Bonchev–Trinajstić information content (AvgIpc) is 2.97. The van der Waals surface area contributed by atoms with Crippen LogP contribution in [0.4, 0.5) is 17.8 Å². The summed E-state index contributed by atoms with van der Waals surface area (Å²) in [7, 11) is 0. The van der Waals surface area contributed by atoms with Crippen LogP contribution in [0, 0.1) is 12.8 Å². The van der Waals surface area contributed by atoms with Gasteiger partial charge in [-0.2, -0.15) is 15.0 Å². The Morgan fingerprint density at radius 2 is 1.46 bits per heavy atom. The SMILES string of the molecule is Cc1ccc(CNc2nc(NCCOCCOCCNC(=O)c3ccccc3)nc(N[C@@H](CO)CC(C)C)n2)cc1. The van der Waals surface area contributed by atoms with E-state index in [1.165, 1.54) is 5.56 Å². The van der Waals surface area contributed by atoms with Crippen LogP contribution in [0.15, 0.2) is 54.6 Å². The van der Waals surface area contributed by atoms with E-state index in [0.717, 1.165) is 12.0 Å². The van der Waals surface area contributed by atoms with Crippen LogP contribution in [0.5, 0.6) is 0 Å². The second-order valence-electron chi connectivity index (χ2n) is 10.1. The van der Waals surface area contributed by atoms with Crippen LogP contribution >= 0.6 is 0 Å². The number of carbonyl (C=O) groups is 1. The van der Waals surface area contributed by atoms with Gasteiger partial charge >= 0.3 is 0 Å². The van der Waals surface area contributed by atoms with Crippen molar-refractivity contribution in [2.45, 2.75) is 39.8 Å². The number of aliphatic hydroxyl groups excluding tert-OH is 1. The van der Waals surface area contributed by atoms with Crippen molar-refractivity contribution in [1.29, 1.82) is 0 Å². The van der Waals surface area contributed by atoms with E-state index in [2.05, 4.69) is 81.3 Å². The number of aromatic nitrogens is 3. The minimum atomic E-state index is -0.162. The average molecular weight is 566 g/mol. The first-order chi connectivity index (χ1) is 19.9. The number of ether oxygens (including phenoxy) is 2. The summed E-state index contributed by atoms with van der Waals surface area (Å²) >= 11 is 0. The van der Waals surface area contributed by atoms with Crippen LogP contribution in [0.1, 0.15) is 41.8 Å². The number of aliphatic hydroxyl groups is 1. The Morgan fingerprint density at radius 1 is 0.829 bits per heavy atom. The number of benzene rings is 2. The predicted octanol–water partition coefficient (Wildman–Crippen LogP) is 3.49. The van der Waals surface area contributed by atoms with E-state index in [1.54, 1.807) is 12.1 Å². The first-order valence-corrected chi connectivity index (χ1v) is 14.1. The lowest BCUT2D eigenvalue weighted by Crippen LogP contribution is -2.27. The highest BCUT2D eigenvalue weighted by Crippen LogP contribution is 2.14. The van der Waals surface area contributed by atoms with Gasteiger partial charge in [-0.05, 0) is 37.0 Å². The fourth-order valence-electron chi connectivity index (χ4n) is 3.90. The van der Waals surface area contributed by atoms with Gasteiger partial charge in [-0.1, -0.05) is 61.9 Å². The molecule has 1 amide bonds. The third-order valence-electron chi connectivity index (χ3n) is 5.99. The zero-order valence-corrected chi connectivity index (χ0v) is 24.2. The van der Waals surface area contributed by atoms with Crippen LogP contribution in [-0.4, -0.2) is 78.1 Å².